The van der Waals surface area contributed by atoms with Crippen molar-refractivity contribution in [3.05, 3.63) is 35.9 Å². The molecule has 0 spiro atoms. The highest BCUT2D eigenvalue weighted by atomic mass is 32.2. The highest BCUT2D eigenvalue weighted by Gasteiger charge is 2.22. The number of benzene rings is 1. The molecule has 2 unspecified atom stereocenters. The quantitative estimate of drug-likeness (QED) is 0.854. The third-order valence-corrected chi connectivity index (χ3v) is 4.26. The van der Waals surface area contributed by atoms with Gasteiger partial charge in [-0.2, -0.15) is 0 Å². The van der Waals surface area contributed by atoms with Gasteiger partial charge in [-0.05, 0) is 12.0 Å². The van der Waals surface area contributed by atoms with E-state index in [4.69, 9.17) is 0 Å². The van der Waals surface area contributed by atoms with Crippen molar-refractivity contribution < 1.29 is 4.79 Å². The zero-order chi connectivity index (χ0) is 12.8. The Labute approximate surface area is 113 Å². The summed E-state index contributed by atoms with van der Waals surface area (Å²) in [6.45, 7) is 2.88. The van der Waals surface area contributed by atoms with Gasteiger partial charge in [0.05, 0.1) is 6.04 Å². The first-order valence-corrected chi connectivity index (χ1v) is 7.60. The predicted octanol–water partition coefficient (Wildman–Crippen LogP) is 1.96. The van der Waals surface area contributed by atoms with Crippen molar-refractivity contribution in [2.75, 3.05) is 18.2 Å². The molecule has 2 atom stereocenters. The highest BCUT2D eigenvalue weighted by Crippen LogP contribution is 2.18. The Morgan fingerprint density at radius 2 is 2.28 bits per heavy atom. The lowest BCUT2D eigenvalue weighted by atomic mass is 9.96. The van der Waals surface area contributed by atoms with Gasteiger partial charge in [0.2, 0.25) is 5.91 Å². The Bertz CT molecular complexity index is 377. The first-order chi connectivity index (χ1) is 8.81. The van der Waals surface area contributed by atoms with Crippen LogP contribution in [0.4, 0.5) is 0 Å². The van der Waals surface area contributed by atoms with Gasteiger partial charge >= 0.3 is 0 Å². The molecule has 1 saturated heterocycles. The fraction of sp³-hybridized carbons (Fsp3) is 0.500. The van der Waals surface area contributed by atoms with E-state index in [0.717, 1.165) is 24.6 Å². The molecule has 4 heteroatoms. The number of carbonyl (C=O) groups is 1. The van der Waals surface area contributed by atoms with Crippen LogP contribution in [0.3, 0.4) is 0 Å². The molecule has 0 aromatic heterocycles. The van der Waals surface area contributed by atoms with E-state index in [1.807, 2.05) is 6.07 Å². The molecule has 18 heavy (non-hydrogen) atoms. The van der Waals surface area contributed by atoms with E-state index in [1.165, 1.54) is 5.56 Å². The van der Waals surface area contributed by atoms with Gasteiger partial charge in [0, 0.05) is 24.1 Å². The molecule has 2 rings (SSSR count). The minimum absolute atomic E-state index is 0.0109. The maximum Gasteiger partial charge on any atom is 0.238 e. The number of rotatable bonds is 5. The third kappa shape index (κ3) is 3.50. The van der Waals surface area contributed by atoms with Gasteiger partial charge in [-0.1, -0.05) is 37.3 Å². The minimum atomic E-state index is -0.0109. The van der Waals surface area contributed by atoms with Crippen LogP contribution in [0.2, 0.25) is 0 Å². The van der Waals surface area contributed by atoms with Gasteiger partial charge in [0.1, 0.15) is 0 Å². The van der Waals surface area contributed by atoms with Crippen LogP contribution in [0.25, 0.3) is 0 Å². The zero-order valence-corrected chi connectivity index (χ0v) is 11.5. The van der Waals surface area contributed by atoms with E-state index in [1.54, 1.807) is 11.8 Å². The van der Waals surface area contributed by atoms with E-state index in [0.29, 0.717) is 5.92 Å². The third-order valence-electron chi connectivity index (χ3n) is 3.32. The molecule has 1 fully saturated rings. The SMILES string of the molecule is CCC(CNC(=O)C1CSCN1)c1ccccc1. The fourth-order valence-corrected chi connectivity index (χ4v) is 3.08. The van der Waals surface area contributed by atoms with Gasteiger partial charge in [0.15, 0.2) is 0 Å². The van der Waals surface area contributed by atoms with Crippen LogP contribution in [0.15, 0.2) is 30.3 Å². The zero-order valence-electron chi connectivity index (χ0n) is 10.7. The molecule has 1 aliphatic heterocycles. The van der Waals surface area contributed by atoms with Crippen molar-refractivity contribution in [3.63, 3.8) is 0 Å². The molecular weight excluding hydrogens is 244 g/mol. The Hall–Kier alpha value is -1.00. The van der Waals surface area contributed by atoms with E-state index in [2.05, 4.69) is 41.8 Å². The summed E-state index contributed by atoms with van der Waals surface area (Å²) in [5.74, 6) is 2.31. The smallest absolute Gasteiger partial charge is 0.238 e. The molecule has 0 radical (unpaired) electrons. The number of hydrogen-bond donors (Lipinski definition) is 2. The molecule has 98 valence electrons. The Balaban J connectivity index is 1.85. The van der Waals surface area contributed by atoms with Gasteiger partial charge < -0.3 is 5.32 Å². The average molecular weight is 264 g/mol. The molecule has 3 nitrogen and oxygen atoms in total. The summed E-state index contributed by atoms with van der Waals surface area (Å²) in [4.78, 5) is 11.9. The fourth-order valence-electron chi connectivity index (χ4n) is 2.13. The molecule has 1 aromatic rings. The molecule has 0 aliphatic carbocycles. The Morgan fingerprint density at radius 1 is 1.50 bits per heavy atom. The van der Waals surface area contributed by atoms with Gasteiger partial charge in [-0.15, -0.1) is 11.8 Å². The van der Waals surface area contributed by atoms with Crippen molar-refractivity contribution >= 4 is 17.7 Å². The summed E-state index contributed by atoms with van der Waals surface area (Å²) in [6, 6.07) is 10.4. The second-order valence-electron chi connectivity index (χ2n) is 4.53. The summed E-state index contributed by atoms with van der Waals surface area (Å²) >= 11 is 1.77. The van der Waals surface area contributed by atoms with Crippen LogP contribution in [-0.4, -0.2) is 30.1 Å². The van der Waals surface area contributed by atoms with Crippen LogP contribution in [-0.2, 0) is 4.79 Å². The van der Waals surface area contributed by atoms with Gasteiger partial charge in [-0.3, -0.25) is 10.1 Å². The molecule has 2 N–H and O–H groups in total. The lowest BCUT2D eigenvalue weighted by Gasteiger charge is -2.17. The van der Waals surface area contributed by atoms with Crippen LogP contribution in [0.1, 0.15) is 24.8 Å². The van der Waals surface area contributed by atoms with E-state index in [-0.39, 0.29) is 11.9 Å². The molecule has 1 amide bonds. The molecule has 1 aliphatic rings. The van der Waals surface area contributed by atoms with Gasteiger partial charge in [0.25, 0.3) is 0 Å². The van der Waals surface area contributed by atoms with Gasteiger partial charge in [-0.25, -0.2) is 0 Å². The summed E-state index contributed by atoms with van der Waals surface area (Å²) < 4.78 is 0. The van der Waals surface area contributed by atoms with E-state index in [9.17, 15) is 4.79 Å². The molecular formula is C14H20N2OS. The van der Waals surface area contributed by atoms with Crippen molar-refractivity contribution in [1.82, 2.24) is 10.6 Å². The number of amides is 1. The van der Waals surface area contributed by atoms with Crippen molar-refractivity contribution in [2.24, 2.45) is 0 Å². The number of thioether (sulfide) groups is 1. The van der Waals surface area contributed by atoms with Crippen molar-refractivity contribution in [2.45, 2.75) is 25.3 Å². The molecule has 1 aromatic carbocycles. The highest BCUT2D eigenvalue weighted by molar-refractivity contribution is 7.99. The monoisotopic (exact) mass is 264 g/mol. The first kappa shape index (κ1) is 13.4. The van der Waals surface area contributed by atoms with Crippen LogP contribution in [0, 0.1) is 0 Å². The Morgan fingerprint density at radius 3 is 2.89 bits per heavy atom. The maximum atomic E-state index is 11.9. The maximum absolute atomic E-state index is 11.9. The summed E-state index contributed by atoms with van der Waals surface area (Å²) in [6.07, 6.45) is 1.04. The molecule has 1 heterocycles. The van der Waals surface area contributed by atoms with E-state index >= 15 is 0 Å². The van der Waals surface area contributed by atoms with Crippen molar-refractivity contribution in [1.29, 1.82) is 0 Å². The molecule has 0 saturated carbocycles. The lowest BCUT2D eigenvalue weighted by molar-refractivity contribution is -0.122. The predicted molar refractivity (Wildman–Crippen MR) is 76.7 cm³/mol. The molecule has 0 bridgehead atoms. The average Bonchev–Trinajstić information content (AvgIpc) is 2.94. The first-order valence-electron chi connectivity index (χ1n) is 6.45. The minimum Gasteiger partial charge on any atom is -0.354 e. The summed E-state index contributed by atoms with van der Waals surface area (Å²) in [7, 11) is 0. The number of hydrogen-bond acceptors (Lipinski definition) is 3. The Kier molecular flexibility index (Phi) is 5.08. The number of nitrogens with one attached hydrogen (secondary N) is 2. The normalized spacial score (nSPS) is 20.6. The lowest BCUT2D eigenvalue weighted by Crippen LogP contribution is -2.43. The van der Waals surface area contributed by atoms with Crippen molar-refractivity contribution in [3.8, 4) is 0 Å². The van der Waals surface area contributed by atoms with E-state index < -0.39 is 0 Å². The second kappa shape index (κ2) is 6.81. The standard InChI is InChI=1S/C14H20N2OS/c1-2-11(12-6-4-3-5-7-12)8-15-14(17)13-9-18-10-16-13/h3-7,11,13,16H,2,8-10H2,1H3,(H,15,17). The summed E-state index contributed by atoms with van der Waals surface area (Å²) in [5.41, 5.74) is 1.30. The van der Waals surface area contributed by atoms with Crippen LogP contribution < -0.4 is 10.6 Å². The van der Waals surface area contributed by atoms with Crippen LogP contribution >= 0.6 is 11.8 Å². The van der Waals surface area contributed by atoms with Crippen LogP contribution in [0.5, 0.6) is 0 Å². The topological polar surface area (TPSA) is 41.1 Å². The largest absolute Gasteiger partial charge is 0.354 e. The number of carbonyl (C=O) groups excluding carboxylic acids is 1. The second-order valence-corrected chi connectivity index (χ2v) is 5.56. The summed E-state index contributed by atoms with van der Waals surface area (Å²) in [5, 5.41) is 6.25.